The van der Waals surface area contributed by atoms with E-state index in [-0.39, 0.29) is 11.6 Å². The van der Waals surface area contributed by atoms with Crippen LogP contribution in [0.1, 0.15) is 20.8 Å². The number of benzene rings is 1. The molecule has 1 aromatic heterocycles. The molecule has 0 fully saturated rings. The maximum absolute atomic E-state index is 12.3. The van der Waals surface area contributed by atoms with E-state index in [1.807, 2.05) is 0 Å². The molecule has 2 rings (SSSR count). The number of nitrogens with two attached hydrogens (primary N) is 1. The Hall–Kier alpha value is -2.75. The van der Waals surface area contributed by atoms with Crippen molar-refractivity contribution in [3.8, 4) is 11.4 Å². The summed E-state index contributed by atoms with van der Waals surface area (Å²) in [5.41, 5.74) is 5.42. The van der Waals surface area contributed by atoms with Gasteiger partial charge in [0.05, 0.1) is 11.9 Å². The number of rotatable bonds is 3. The second-order valence-corrected chi connectivity index (χ2v) is 8.05. The molecule has 25 heavy (non-hydrogen) atoms. The van der Waals surface area contributed by atoms with E-state index in [0.717, 1.165) is 6.26 Å². The highest BCUT2D eigenvalue weighted by molar-refractivity contribution is 7.92. The molecule has 0 saturated heterocycles. The van der Waals surface area contributed by atoms with Crippen LogP contribution in [-0.4, -0.2) is 41.3 Å². The Labute approximate surface area is 145 Å². The van der Waals surface area contributed by atoms with Gasteiger partial charge < -0.3 is 10.5 Å². The van der Waals surface area contributed by atoms with Crippen LogP contribution in [-0.2, 0) is 14.8 Å². The van der Waals surface area contributed by atoms with E-state index in [9.17, 15) is 13.2 Å². The fraction of sp³-hybridized carbons (Fsp3) is 0.333. The number of amides is 1. The van der Waals surface area contributed by atoms with Gasteiger partial charge in [-0.1, -0.05) is 0 Å². The van der Waals surface area contributed by atoms with Crippen molar-refractivity contribution in [2.45, 2.75) is 26.4 Å². The Balaban J connectivity index is 2.38. The van der Waals surface area contributed by atoms with Crippen molar-refractivity contribution in [1.29, 1.82) is 0 Å². The van der Waals surface area contributed by atoms with Crippen LogP contribution in [0.25, 0.3) is 11.4 Å². The number of aromatic nitrogens is 3. The van der Waals surface area contributed by atoms with E-state index in [1.165, 1.54) is 18.5 Å². The van der Waals surface area contributed by atoms with Gasteiger partial charge in [0.25, 0.3) is 0 Å². The van der Waals surface area contributed by atoms with Gasteiger partial charge >= 0.3 is 6.09 Å². The molecule has 2 aromatic rings. The van der Waals surface area contributed by atoms with Crippen molar-refractivity contribution in [2.24, 2.45) is 0 Å². The van der Waals surface area contributed by atoms with Gasteiger partial charge in [-0.05, 0) is 45.0 Å². The van der Waals surface area contributed by atoms with Gasteiger partial charge in [-0.3, -0.25) is 0 Å². The number of sulfonamides is 1. The molecular formula is C15H19N5O4S. The lowest BCUT2D eigenvalue weighted by Gasteiger charge is -2.25. The first-order chi connectivity index (χ1) is 11.5. The normalized spacial score (nSPS) is 11.8. The van der Waals surface area contributed by atoms with Crippen LogP contribution in [0.4, 0.5) is 16.4 Å². The fourth-order valence-electron chi connectivity index (χ4n) is 1.93. The maximum Gasteiger partial charge on any atom is 0.428 e. The summed E-state index contributed by atoms with van der Waals surface area (Å²) in [6, 6.07) is 6.07. The van der Waals surface area contributed by atoms with Crippen LogP contribution in [0.15, 0.2) is 30.6 Å². The van der Waals surface area contributed by atoms with Gasteiger partial charge in [-0.25, -0.2) is 23.2 Å². The summed E-state index contributed by atoms with van der Waals surface area (Å²) in [5, 5.41) is 0. The van der Waals surface area contributed by atoms with Crippen molar-refractivity contribution in [1.82, 2.24) is 15.0 Å². The van der Waals surface area contributed by atoms with Crippen molar-refractivity contribution < 1.29 is 17.9 Å². The summed E-state index contributed by atoms with van der Waals surface area (Å²) < 4.78 is 29.8. The molecule has 0 unspecified atom stereocenters. The Morgan fingerprint density at radius 3 is 2.24 bits per heavy atom. The zero-order chi connectivity index (χ0) is 18.8. The number of nitrogens with zero attached hydrogens (tertiary/aromatic N) is 4. The SMILES string of the molecule is CC(C)(C)OC(=O)N(c1ccc(-c2ncnc(N)n2)cc1)S(C)(=O)=O. The molecule has 0 bridgehead atoms. The smallest absolute Gasteiger partial charge is 0.428 e. The maximum atomic E-state index is 12.3. The number of nitrogen functional groups attached to an aromatic ring is 1. The van der Waals surface area contributed by atoms with Gasteiger partial charge in [-0.2, -0.15) is 9.29 Å². The van der Waals surface area contributed by atoms with Gasteiger partial charge in [0, 0.05) is 5.56 Å². The average Bonchev–Trinajstić information content (AvgIpc) is 2.44. The molecule has 0 saturated carbocycles. The summed E-state index contributed by atoms with van der Waals surface area (Å²) in [6.45, 7) is 4.96. The van der Waals surface area contributed by atoms with E-state index in [0.29, 0.717) is 15.7 Å². The summed E-state index contributed by atoms with van der Waals surface area (Å²) in [5.74, 6) is 0.405. The first-order valence-electron chi connectivity index (χ1n) is 7.25. The summed E-state index contributed by atoms with van der Waals surface area (Å²) in [4.78, 5) is 24.0. The highest BCUT2D eigenvalue weighted by atomic mass is 32.2. The Kier molecular flexibility index (Phi) is 4.93. The van der Waals surface area contributed by atoms with Crippen LogP contribution < -0.4 is 10.0 Å². The third-order valence-corrected chi connectivity index (χ3v) is 3.86. The number of carbonyl (C=O) groups is 1. The number of hydrogen-bond acceptors (Lipinski definition) is 8. The minimum Gasteiger partial charge on any atom is -0.443 e. The van der Waals surface area contributed by atoms with E-state index in [1.54, 1.807) is 32.9 Å². The van der Waals surface area contributed by atoms with Crippen LogP contribution in [0.2, 0.25) is 0 Å². The van der Waals surface area contributed by atoms with Crippen LogP contribution in [0.5, 0.6) is 0 Å². The van der Waals surface area contributed by atoms with Gasteiger partial charge in [-0.15, -0.1) is 0 Å². The number of hydrogen-bond donors (Lipinski definition) is 1. The number of carbonyl (C=O) groups excluding carboxylic acids is 1. The van der Waals surface area contributed by atoms with Crippen LogP contribution in [0.3, 0.4) is 0 Å². The zero-order valence-electron chi connectivity index (χ0n) is 14.3. The zero-order valence-corrected chi connectivity index (χ0v) is 15.1. The molecule has 0 spiro atoms. The Bertz CT molecular complexity index is 876. The van der Waals surface area contributed by atoms with Gasteiger partial charge in [0.15, 0.2) is 5.82 Å². The topological polar surface area (TPSA) is 128 Å². The van der Waals surface area contributed by atoms with E-state index in [2.05, 4.69) is 15.0 Å². The lowest BCUT2D eigenvalue weighted by atomic mass is 10.2. The minimum absolute atomic E-state index is 0.0700. The molecule has 0 aliphatic rings. The average molecular weight is 365 g/mol. The molecule has 0 radical (unpaired) electrons. The number of ether oxygens (including phenoxy) is 1. The van der Waals surface area contributed by atoms with Crippen LogP contribution in [0, 0.1) is 0 Å². The molecule has 0 atom stereocenters. The molecule has 0 aliphatic heterocycles. The van der Waals surface area contributed by atoms with Crippen molar-refractivity contribution in [3.05, 3.63) is 30.6 Å². The molecule has 0 aliphatic carbocycles. The highest BCUT2D eigenvalue weighted by Crippen LogP contribution is 2.24. The molecule has 2 N–H and O–H groups in total. The summed E-state index contributed by atoms with van der Waals surface area (Å²) >= 11 is 0. The lowest BCUT2D eigenvalue weighted by molar-refractivity contribution is 0.0609. The van der Waals surface area contributed by atoms with Gasteiger partial charge in [0.1, 0.15) is 11.9 Å². The minimum atomic E-state index is -3.88. The van der Waals surface area contributed by atoms with Crippen molar-refractivity contribution >= 4 is 27.8 Å². The molecule has 10 heteroatoms. The third kappa shape index (κ3) is 4.86. The summed E-state index contributed by atoms with van der Waals surface area (Å²) in [6.07, 6.45) is 1.22. The lowest BCUT2D eigenvalue weighted by Crippen LogP contribution is -2.40. The molecule has 1 aromatic carbocycles. The van der Waals surface area contributed by atoms with E-state index in [4.69, 9.17) is 10.5 Å². The van der Waals surface area contributed by atoms with Gasteiger partial charge in [0.2, 0.25) is 16.0 Å². The monoisotopic (exact) mass is 365 g/mol. The molecular weight excluding hydrogens is 346 g/mol. The third-order valence-electron chi connectivity index (χ3n) is 2.84. The standard InChI is InChI=1S/C15H19N5O4S/c1-15(2,3)24-14(21)20(25(4,22)23)11-7-5-10(6-8-11)12-17-9-18-13(16)19-12/h5-9H,1-4H3,(H2,16,17,18,19). The first-order valence-corrected chi connectivity index (χ1v) is 9.10. The van der Waals surface area contributed by atoms with E-state index >= 15 is 0 Å². The Morgan fingerprint density at radius 1 is 1.16 bits per heavy atom. The fourth-order valence-corrected chi connectivity index (χ4v) is 2.74. The molecule has 134 valence electrons. The molecule has 1 amide bonds. The van der Waals surface area contributed by atoms with Crippen LogP contribution >= 0.6 is 0 Å². The largest absolute Gasteiger partial charge is 0.443 e. The number of anilines is 2. The second-order valence-electron chi connectivity index (χ2n) is 6.22. The summed E-state index contributed by atoms with van der Waals surface area (Å²) in [7, 11) is -3.88. The van der Waals surface area contributed by atoms with Crippen molar-refractivity contribution in [2.75, 3.05) is 16.3 Å². The Morgan fingerprint density at radius 2 is 1.76 bits per heavy atom. The highest BCUT2D eigenvalue weighted by Gasteiger charge is 2.30. The molecule has 1 heterocycles. The predicted molar refractivity (Wildman–Crippen MR) is 93.2 cm³/mol. The van der Waals surface area contributed by atoms with Crippen molar-refractivity contribution in [3.63, 3.8) is 0 Å². The first kappa shape index (κ1) is 18.6. The molecule has 9 nitrogen and oxygen atoms in total. The quantitative estimate of drug-likeness (QED) is 0.872. The second kappa shape index (κ2) is 6.63. The van der Waals surface area contributed by atoms with E-state index < -0.39 is 21.7 Å². The predicted octanol–water partition coefficient (Wildman–Crippen LogP) is 1.82.